The average molecular weight is 275 g/mol. The van der Waals surface area contributed by atoms with E-state index in [-0.39, 0.29) is 22.5 Å². The van der Waals surface area contributed by atoms with Crippen LogP contribution in [0.1, 0.15) is 10.5 Å². The van der Waals surface area contributed by atoms with E-state index in [9.17, 15) is 4.79 Å². The second-order valence-electron chi connectivity index (χ2n) is 3.70. The Morgan fingerprint density at radius 2 is 2.11 bits per heavy atom. The van der Waals surface area contributed by atoms with Crippen LogP contribution < -0.4 is 10.5 Å². The van der Waals surface area contributed by atoms with Gasteiger partial charge in [0.2, 0.25) is 0 Å². The van der Waals surface area contributed by atoms with E-state index in [0.29, 0.717) is 13.2 Å². The molecule has 0 saturated heterocycles. The van der Waals surface area contributed by atoms with Crippen molar-refractivity contribution in [3.8, 4) is 5.88 Å². The van der Waals surface area contributed by atoms with Gasteiger partial charge in [-0.15, -0.1) is 0 Å². The normalized spacial score (nSPS) is 10.5. The molecule has 0 spiro atoms. The number of nitrogens with two attached hydrogens (primary N) is 1. The Bertz CT molecular complexity index is 439. The van der Waals surface area contributed by atoms with Crippen molar-refractivity contribution in [1.29, 1.82) is 0 Å². The molecule has 0 unspecified atom stereocenters. The fraction of sp³-hybridized carbons (Fsp3) is 0.500. The molecule has 0 atom stereocenters. The molecule has 0 aromatic carbocycles. The Labute approximate surface area is 110 Å². The fourth-order valence-electron chi connectivity index (χ4n) is 1.08. The minimum absolute atomic E-state index is 0.0247. The highest BCUT2D eigenvalue weighted by molar-refractivity contribution is 6.30. The van der Waals surface area contributed by atoms with Crippen LogP contribution in [0, 0.1) is 0 Å². The number of esters is 1. The standard InChI is InChI=1S/C10H15ClN4O3/c1-15(2)4-5-18-9-7(11)13-6(8(12)14-9)10(16)17-3/h4-5H2,1-3H3,(H2,12,14). The lowest BCUT2D eigenvalue weighted by molar-refractivity contribution is 0.0595. The van der Waals surface area contributed by atoms with Crippen LogP contribution in [0.5, 0.6) is 5.88 Å². The summed E-state index contributed by atoms with van der Waals surface area (Å²) >= 11 is 5.84. The Balaban J connectivity index is 2.83. The number of anilines is 1. The van der Waals surface area contributed by atoms with Crippen molar-refractivity contribution >= 4 is 23.4 Å². The first-order chi connectivity index (χ1) is 8.45. The van der Waals surface area contributed by atoms with E-state index in [1.165, 1.54) is 7.11 Å². The lowest BCUT2D eigenvalue weighted by Gasteiger charge is -2.12. The molecule has 0 bridgehead atoms. The van der Waals surface area contributed by atoms with Crippen LogP contribution >= 0.6 is 11.6 Å². The summed E-state index contributed by atoms with van der Waals surface area (Å²) < 4.78 is 9.81. The zero-order valence-electron chi connectivity index (χ0n) is 10.4. The molecular weight excluding hydrogens is 260 g/mol. The van der Waals surface area contributed by atoms with E-state index in [1.807, 2.05) is 19.0 Å². The molecule has 1 rings (SSSR count). The van der Waals surface area contributed by atoms with Crippen LogP contribution in [0.15, 0.2) is 0 Å². The van der Waals surface area contributed by atoms with Crippen LogP contribution in [0.25, 0.3) is 0 Å². The van der Waals surface area contributed by atoms with Crippen LogP contribution in [0.4, 0.5) is 5.82 Å². The third-order valence-electron chi connectivity index (χ3n) is 2.01. The number of nitrogen functional groups attached to an aromatic ring is 1. The summed E-state index contributed by atoms with van der Waals surface area (Å²) in [5, 5.41) is -0.0247. The second kappa shape index (κ2) is 6.36. The quantitative estimate of drug-likeness (QED) is 0.779. The summed E-state index contributed by atoms with van der Waals surface area (Å²) in [4.78, 5) is 20.9. The van der Waals surface area contributed by atoms with Crippen molar-refractivity contribution in [3.63, 3.8) is 0 Å². The molecule has 0 aliphatic carbocycles. The van der Waals surface area contributed by atoms with Crippen LogP contribution in [0.2, 0.25) is 5.15 Å². The highest BCUT2D eigenvalue weighted by atomic mass is 35.5. The number of methoxy groups -OCH3 is 1. The number of carbonyl (C=O) groups is 1. The van der Waals surface area contributed by atoms with E-state index in [2.05, 4.69) is 14.7 Å². The third kappa shape index (κ3) is 3.71. The molecule has 8 heteroatoms. The maximum absolute atomic E-state index is 11.3. The van der Waals surface area contributed by atoms with Gasteiger partial charge in [-0.1, -0.05) is 11.6 Å². The molecule has 1 heterocycles. The van der Waals surface area contributed by atoms with Crippen molar-refractivity contribution < 1.29 is 14.3 Å². The summed E-state index contributed by atoms with van der Waals surface area (Å²) in [7, 11) is 5.04. The molecule has 18 heavy (non-hydrogen) atoms. The first-order valence-electron chi connectivity index (χ1n) is 5.14. The molecular formula is C10H15ClN4O3. The Kier molecular flexibility index (Phi) is 5.11. The van der Waals surface area contributed by atoms with E-state index in [4.69, 9.17) is 22.1 Å². The summed E-state index contributed by atoms with van der Waals surface area (Å²) in [6.07, 6.45) is 0. The molecule has 0 aliphatic heterocycles. The minimum Gasteiger partial charge on any atom is -0.474 e. The van der Waals surface area contributed by atoms with Gasteiger partial charge in [-0.3, -0.25) is 0 Å². The number of halogens is 1. The van der Waals surface area contributed by atoms with Crippen LogP contribution in [0.3, 0.4) is 0 Å². The predicted molar refractivity (Wildman–Crippen MR) is 66.8 cm³/mol. The maximum atomic E-state index is 11.3. The monoisotopic (exact) mass is 274 g/mol. The molecule has 2 N–H and O–H groups in total. The summed E-state index contributed by atoms with van der Waals surface area (Å²) in [5.41, 5.74) is 5.45. The summed E-state index contributed by atoms with van der Waals surface area (Å²) in [6.45, 7) is 1.08. The van der Waals surface area contributed by atoms with Crippen molar-refractivity contribution in [1.82, 2.24) is 14.9 Å². The number of carbonyl (C=O) groups excluding carboxylic acids is 1. The number of hydrogen-bond donors (Lipinski definition) is 1. The molecule has 0 radical (unpaired) electrons. The fourth-order valence-corrected chi connectivity index (χ4v) is 1.26. The van der Waals surface area contributed by atoms with Gasteiger partial charge in [0, 0.05) is 6.54 Å². The van der Waals surface area contributed by atoms with Crippen LogP contribution in [-0.2, 0) is 4.74 Å². The number of ether oxygens (including phenoxy) is 2. The largest absolute Gasteiger partial charge is 0.474 e. The smallest absolute Gasteiger partial charge is 0.360 e. The van der Waals surface area contributed by atoms with Crippen molar-refractivity contribution in [2.45, 2.75) is 0 Å². The highest BCUT2D eigenvalue weighted by Gasteiger charge is 2.18. The first-order valence-corrected chi connectivity index (χ1v) is 5.52. The van der Waals surface area contributed by atoms with Crippen LogP contribution in [-0.4, -0.2) is 55.2 Å². The number of hydrogen-bond acceptors (Lipinski definition) is 7. The lowest BCUT2D eigenvalue weighted by atomic mass is 10.4. The SMILES string of the molecule is COC(=O)c1nc(Cl)c(OCCN(C)C)nc1N. The van der Waals surface area contributed by atoms with Gasteiger partial charge in [-0.05, 0) is 14.1 Å². The number of rotatable bonds is 5. The van der Waals surface area contributed by atoms with E-state index in [1.54, 1.807) is 0 Å². The molecule has 1 aromatic heterocycles. The van der Waals surface area contributed by atoms with Gasteiger partial charge in [0.25, 0.3) is 5.88 Å². The van der Waals surface area contributed by atoms with Crippen molar-refractivity contribution in [3.05, 3.63) is 10.8 Å². The van der Waals surface area contributed by atoms with Gasteiger partial charge in [-0.2, -0.15) is 4.98 Å². The minimum atomic E-state index is -0.693. The molecule has 0 fully saturated rings. The topological polar surface area (TPSA) is 90.6 Å². The first kappa shape index (κ1) is 14.5. The molecule has 0 amide bonds. The van der Waals surface area contributed by atoms with Crippen molar-refractivity contribution in [2.24, 2.45) is 0 Å². The summed E-state index contributed by atoms with van der Waals surface area (Å²) in [5.74, 6) is -0.670. The zero-order valence-corrected chi connectivity index (χ0v) is 11.2. The third-order valence-corrected chi connectivity index (χ3v) is 2.25. The molecule has 1 aromatic rings. The van der Waals surface area contributed by atoms with Gasteiger partial charge < -0.3 is 20.1 Å². The molecule has 0 aliphatic rings. The maximum Gasteiger partial charge on any atom is 0.360 e. The average Bonchev–Trinajstić information content (AvgIpc) is 2.31. The van der Waals surface area contributed by atoms with Gasteiger partial charge in [0.15, 0.2) is 16.7 Å². The van der Waals surface area contributed by atoms with Gasteiger partial charge >= 0.3 is 5.97 Å². The van der Waals surface area contributed by atoms with E-state index >= 15 is 0 Å². The number of nitrogens with zero attached hydrogens (tertiary/aromatic N) is 3. The van der Waals surface area contributed by atoms with E-state index in [0.717, 1.165) is 0 Å². The highest BCUT2D eigenvalue weighted by Crippen LogP contribution is 2.22. The molecule has 7 nitrogen and oxygen atoms in total. The number of aromatic nitrogens is 2. The Morgan fingerprint density at radius 3 is 2.67 bits per heavy atom. The van der Waals surface area contributed by atoms with E-state index < -0.39 is 5.97 Å². The second-order valence-corrected chi connectivity index (χ2v) is 4.05. The molecule has 100 valence electrons. The van der Waals surface area contributed by atoms with Gasteiger partial charge in [-0.25, -0.2) is 9.78 Å². The van der Waals surface area contributed by atoms with Crippen molar-refractivity contribution in [2.75, 3.05) is 40.1 Å². The Morgan fingerprint density at radius 1 is 1.44 bits per heavy atom. The predicted octanol–water partition coefficient (Wildman–Crippen LogP) is 0.439. The zero-order chi connectivity index (χ0) is 13.7. The molecule has 0 saturated carbocycles. The van der Waals surface area contributed by atoms with Gasteiger partial charge in [0.05, 0.1) is 7.11 Å². The van der Waals surface area contributed by atoms with Gasteiger partial charge in [0.1, 0.15) is 6.61 Å². The number of likely N-dealkylation sites (N-methyl/N-ethyl adjacent to an activating group) is 1. The summed E-state index contributed by atoms with van der Waals surface area (Å²) in [6, 6.07) is 0. The Hall–Kier alpha value is -1.60. The lowest BCUT2D eigenvalue weighted by Crippen LogP contribution is -2.20.